The zero-order chi connectivity index (χ0) is 26.0. The minimum atomic E-state index is -0.468. The number of carbonyl (C=O) groups excluding carboxylic acids is 1. The average Bonchev–Trinajstić information content (AvgIpc) is 2.88. The second-order valence-electron chi connectivity index (χ2n) is 9.66. The predicted molar refractivity (Wildman–Crippen MR) is 144 cm³/mol. The summed E-state index contributed by atoms with van der Waals surface area (Å²) in [7, 11) is 1.58. The van der Waals surface area contributed by atoms with Crippen LogP contribution in [0.2, 0.25) is 0 Å². The number of fused-ring (bicyclic) bond motifs is 1. The van der Waals surface area contributed by atoms with E-state index in [9.17, 15) is 9.59 Å². The molecule has 1 heterocycles. The van der Waals surface area contributed by atoms with Crippen molar-refractivity contribution in [2.75, 3.05) is 13.7 Å². The summed E-state index contributed by atoms with van der Waals surface area (Å²) in [4.78, 5) is 34.4. The molecule has 0 radical (unpaired) electrons. The number of rotatable bonds is 7. The van der Waals surface area contributed by atoms with Crippen molar-refractivity contribution < 1.29 is 9.53 Å². The number of para-hydroxylation sites is 1. The van der Waals surface area contributed by atoms with Crippen LogP contribution in [-0.2, 0) is 0 Å². The molecule has 1 unspecified atom stereocenters. The fourth-order valence-corrected chi connectivity index (χ4v) is 4.42. The van der Waals surface area contributed by atoms with E-state index in [4.69, 9.17) is 9.72 Å². The van der Waals surface area contributed by atoms with Crippen LogP contribution in [0.1, 0.15) is 54.1 Å². The Kier molecular flexibility index (Phi) is 7.25. The van der Waals surface area contributed by atoms with Crippen molar-refractivity contribution in [2.45, 2.75) is 40.7 Å². The van der Waals surface area contributed by atoms with Crippen molar-refractivity contribution in [1.29, 1.82) is 0 Å². The molecule has 6 nitrogen and oxygen atoms in total. The molecule has 36 heavy (non-hydrogen) atoms. The number of carbonyl (C=O) groups is 1. The smallest absolute Gasteiger partial charge is 0.266 e. The summed E-state index contributed by atoms with van der Waals surface area (Å²) in [6.45, 7) is 10.7. The molecule has 186 valence electrons. The largest absolute Gasteiger partial charge is 0.497 e. The van der Waals surface area contributed by atoms with E-state index in [0.717, 1.165) is 16.8 Å². The van der Waals surface area contributed by atoms with E-state index in [1.807, 2.05) is 69.3 Å². The lowest BCUT2D eigenvalue weighted by molar-refractivity contribution is 0.0654. The summed E-state index contributed by atoms with van der Waals surface area (Å²) in [6.07, 6.45) is 0. The second-order valence-corrected chi connectivity index (χ2v) is 9.66. The molecule has 6 heteroatoms. The van der Waals surface area contributed by atoms with Crippen LogP contribution in [0.4, 0.5) is 0 Å². The quantitative estimate of drug-likeness (QED) is 0.330. The lowest BCUT2D eigenvalue weighted by atomic mass is 10.1. The zero-order valence-electron chi connectivity index (χ0n) is 21.8. The number of methoxy groups -OCH3 is 1. The highest BCUT2D eigenvalue weighted by Gasteiger charge is 2.28. The fraction of sp³-hybridized carbons (Fsp3) is 0.300. The van der Waals surface area contributed by atoms with E-state index in [1.54, 1.807) is 34.8 Å². The molecule has 0 N–H and O–H groups in total. The van der Waals surface area contributed by atoms with Crippen molar-refractivity contribution >= 4 is 16.8 Å². The van der Waals surface area contributed by atoms with Gasteiger partial charge >= 0.3 is 0 Å². The molecule has 0 fully saturated rings. The van der Waals surface area contributed by atoms with Crippen LogP contribution in [0.3, 0.4) is 0 Å². The van der Waals surface area contributed by atoms with Crippen LogP contribution in [0.5, 0.6) is 5.75 Å². The number of aromatic nitrogens is 2. The fourth-order valence-electron chi connectivity index (χ4n) is 4.42. The van der Waals surface area contributed by atoms with Gasteiger partial charge in [0.1, 0.15) is 11.6 Å². The first-order chi connectivity index (χ1) is 17.2. The normalized spacial score (nSPS) is 12.1. The van der Waals surface area contributed by atoms with Gasteiger partial charge < -0.3 is 9.64 Å². The predicted octanol–water partition coefficient (Wildman–Crippen LogP) is 5.87. The van der Waals surface area contributed by atoms with Crippen LogP contribution in [0, 0.1) is 19.8 Å². The van der Waals surface area contributed by atoms with Gasteiger partial charge in [0, 0.05) is 12.1 Å². The highest BCUT2D eigenvalue weighted by Crippen LogP contribution is 2.27. The third-order valence-electron chi connectivity index (χ3n) is 6.53. The van der Waals surface area contributed by atoms with Gasteiger partial charge in [0.25, 0.3) is 11.5 Å². The lowest BCUT2D eigenvalue weighted by Gasteiger charge is -2.32. The molecule has 4 rings (SSSR count). The molecule has 0 spiro atoms. The number of ether oxygens (including phenoxy) is 1. The van der Waals surface area contributed by atoms with E-state index in [1.165, 1.54) is 0 Å². The summed E-state index contributed by atoms with van der Waals surface area (Å²) in [6, 6.07) is 20.0. The number of benzene rings is 3. The van der Waals surface area contributed by atoms with Crippen LogP contribution in [0.25, 0.3) is 16.6 Å². The molecule has 1 atom stereocenters. The molecule has 0 aliphatic heterocycles. The molecular weight excluding hydrogens is 450 g/mol. The first-order valence-electron chi connectivity index (χ1n) is 12.3. The summed E-state index contributed by atoms with van der Waals surface area (Å²) in [5.74, 6) is 1.22. The molecule has 0 aliphatic carbocycles. The Balaban J connectivity index is 1.92. The van der Waals surface area contributed by atoms with Gasteiger partial charge in [-0.05, 0) is 80.3 Å². The monoisotopic (exact) mass is 483 g/mol. The second kappa shape index (κ2) is 10.4. The van der Waals surface area contributed by atoms with Gasteiger partial charge in [-0.15, -0.1) is 0 Å². The van der Waals surface area contributed by atoms with Crippen LogP contribution >= 0.6 is 0 Å². The highest BCUT2D eigenvalue weighted by molar-refractivity contribution is 5.95. The zero-order valence-corrected chi connectivity index (χ0v) is 21.8. The minimum absolute atomic E-state index is 0.135. The maximum Gasteiger partial charge on any atom is 0.266 e. The minimum Gasteiger partial charge on any atom is -0.497 e. The van der Waals surface area contributed by atoms with Crippen LogP contribution in [0.15, 0.2) is 71.5 Å². The van der Waals surface area contributed by atoms with Gasteiger partial charge in [-0.3, -0.25) is 14.2 Å². The van der Waals surface area contributed by atoms with Gasteiger partial charge in [-0.25, -0.2) is 4.98 Å². The summed E-state index contributed by atoms with van der Waals surface area (Å²) in [5, 5.41) is 0.543. The molecule has 0 saturated heterocycles. The van der Waals surface area contributed by atoms with Crippen molar-refractivity contribution in [2.24, 2.45) is 5.92 Å². The number of hydrogen-bond donors (Lipinski definition) is 0. The van der Waals surface area contributed by atoms with Crippen LogP contribution < -0.4 is 10.3 Å². The molecule has 1 amide bonds. The van der Waals surface area contributed by atoms with E-state index in [2.05, 4.69) is 13.8 Å². The standard InChI is InChI=1S/C30H33N3O3/c1-19(2)18-32(29(34)23-10-9-11-25(17-23)36-6)22(5)28-31-27-13-8-7-12-26(27)30(35)33(28)24-15-14-20(3)21(4)16-24/h7-17,19,22H,18H2,1-6H3. The molecule has 1 aromatic heterocycles. The molecule has 3 aromatic carbocycles. The molecular formula is C30H33N3O3. The molecule has 0 bridgehead atoms. The van der Waals surface area contributed by atoms with Gasteiger partial charge in [0.2, 0.25) is 0 Å². The van der Waals surface area contributed by atoms with Crippen molar-refractivity contribution in [1.82, 2.24) is 14.5 Å². The van der Waals surface area contributed by atoms with E-state index < -0.39 is 6.04 Å². The third-order valence-corrected chi connectivity index (χ3v) is 6.53. The molecule has 0 aliphatic rings. The van der Waals surface area contributed by atoms with Gasteiger partial charge in [-0.2, -0.15) is 0 Å². The maximum absolute atomic E-state index is 13.8. The van der Waals surface area contributed by atoms with Gasteiger partial charge in [0.05, 0.1) is 29.7 Å². The maximum atomic E-state index is 13.8. The Bertz CT molecular complexity index is 1470. The Morgan fingerprint density at radius 3 is 2.42 bits per heavy atom. The van der Waals surface area contributed by atoms with Crippen molar-refractivity contribution in [3.63, 3.8) is 0 Å². The van der Waals surface area contributed by atoms with Crippen molar-refractivity contribution in [3.05, 3.63) is 99.6 Å². The molecule has 0 saturated carbocycles. The summed E-state index contributed by atoms with van der Waals surface area (Å²) in [5.41, 5.74) is 3.96. The number of hydrogen-bond acceptors (Lipinski definition) is 4. The highest BCUT2D eigenvalue weighted by atomic mass is 16.5. The third kappa shape index (κ3) is 4.89. The SMILES string of the molecule is COc1cccc(C(=O)N(CC(C)C)C(C)c2nc3ccccc3c(=O)n2-c2ccc(C)c(C)c2)c1. The number of amides is 1. The number of nitrogens with zero attached hydrogens (tertiary/aromatic N) is 3. The lowest BCUT2D eigenvalue weighted by Crippen LogP contribution is -2.39. The van der Waals surface area contributed by atoms with E-state index >= 15 is 0 Å². The van der Waals surface area contributed by atoms with E-state index in [-0.39, 0.29) is 17.4 Å². The Hall–Kier alpha value is -3.93. The van der Waals surface area contributed by atoms with Gasteiger partial charge in [-0.1, -0.05) is 38.1 Å². The Morgan fingerprint density at radius 2 is 1.72 bits per heavy atom. The average molecular weight is 484 g/mol. The van der Waals surface area contributed by atoms with E-state index in [0.29, 0.717) is 34.6 Å². The van der Waals surface area contributed by atoms with Crippen LogP contribution in [-0.4, -0.2) is 34.0 Å². The summed E-state index contributed by atoms with van der Waals surface area (Å²) < 4.78 is 7.00. The Morgan fingerprint density at radius 1 is 0.972 bits per heavy atom. The number of aryl methyl sites for hydroxylation is 2. The van der Waals surface area contributed by atoms with Gasteiger partial charge in [0.15, 0.2) is 0 Å². The first kappa shape index (κ1) is 25.2. The molecule has 4 aromatic rings. The summed E-state index contributed by atoms with van der Waals surface area (Å²) >= 11 is 0. The topological polar surface area (TPSA) is 64.4 Å². The Labute approximate surface area is 212 Å². The first-order valence-corrected chi connectivity index (χ1v) is 12.3. The van der Waals surface area contributed by atoms with Crippen molar-refractivity contribution in [3.8, 4) is 11.4 Å².